The Balaban J connectivity index is 3.27. The second kappa shape index (κ2) is 3.51. The summed E-state index contributed by atoms with van der Waals surface area (Å²) in [7, 11) is -2.26. The largest absolute Gasteiger partial charge is 0.257 e. The molecule has 0 saturated heterocycles. The maximum absolute atomic E-state index is 11.2. The van der Waals surface area contributed by atoms with Crippen LogP contribution in [0, 0.1) is 11.3 Å². The molecule has 6 heteroatoms. The molecule has 0 saturated carbocycles. The van der Waals surface area contributed by atoms with Gasteiger partial charge < -0.3 is 0 Å². The van der Waals surface area contributed by atoms with Gasteiger partial charge in [0, 0.05) is 6.20 Å². The molecule has 1 aromatic heterocycles. The van der Waals surface area contributed by atoms with Gasteiger partial charge in [-0.2, -0.15) is 5.26 Å². The first kappa shape index (κ1) is 9.64. The molecule has 68 valence electrons. The molecule has 5 nitrogen and oxygen atoms in total. The first-order valence-corrected chi connectivity index (χ1v) is 4.88. The van der Waals surface area contributed by atoms with Crippen LogP contribution in [-0.4, -0.2) is 20.4 Å². The molecule has 0 spiro atoms. The Bertz CT molecular complexity index is 447. The van der Waals surface area contributed by atoms with Gasteiger partial charge in [0.15, 0.2) is 5.03 Å². The predicted octanol–water partition coefficient (Wildman–Crippen LogP) is -0.139. The number of hydrogen-bond acceptors (Lipinski definition) is 4. The number of nitriles is 1. The van der Waals surface area contributed by atoms with Crippen LogP contribution in [0.3, 0.4) is 0 Å². The summed E-state index contributed by atoms with van der Waals surface area (Å²) in [6.07, 6.45) is 1.28. The van der Waals surface area contributed by atoms with E-state index in [-0.39, 0.29) is 10.6 Å². The van der Waals surface area contributed by atoms with Crippen molar-refractivity contribution in [1.29, 1.82) is 5.26 Å². The maximum atomic E-state index is 11.2. The molecule has 0 aliphatic rings. The van der Waals surface area contributed by atoms with Crippen LogP contribution in [-0.2, 0) is 10.0 Å². The molecule has 1 heterocycles. The molecule has 0 atom stereocenters. The van der Waals surface area contributed by atoms with E-state index in [0.29, 0.717) is 0 Å². The van der Waals surface area contributed by atoms with Crippen molar-refractivity contribution in [2.24, 2.45) is 0 Å². The number of hydrogen-bond donors (Lipinski definition) is 1. The quantitative estimate of drug-likeness (QED) is 0.715. The van der Waals surface area contributed by atoms with Gasteiger partial charge >= 0.3 is 0 Å². The van der Waals surface area contributed by atoms with E-state index < -0.39 is 10.0 Å². The summed E-state index contributed by atoms with van der Waals surface area (Å²) in [5.74, 6) is 0. The summed E-state index contributed by atoms with van der Waals surface area (Å²) >= 11 is 0. The van der Waals surface area contributed by atoms with Crippen molar-refractivity contribution < 1.29 is 8.42 Å². The number of nitrogens with one attached hydrogen (secondary N) is 1. The van der Waals surface area contributed by atoms with Crippen LogP contribution in [0.1, 0.15) is 5.56 Å². The molecular formula is C7H7N3O2S. The minimum Gasteiger partial charge on any atom is -0.243 e. The monoisotopic (exact) mass is 197 g/mol. The van der Waals surface area contributed by atoms with E-state index in [0.717, 1.165) is 0 Å². The second-order valence-corrected chi connectivity index (χ2v) is 4.04. The van der Waals surface area contributed by atoms with Crippen LogP contribution in [0.4, 0.5) is 0 Å². The van der Waals surface area contributed by atoms with Crippen LogP contribution in [0.15, 0.2) is 23.4 Å². The average Bonchev–Trinajstić information content (AvgIpc) is 2.18. The van der Waals surface area contributed by atoms with Gasteiger partial charge in [-0.15, -0.1) is 0 Å². The lowest BCUT2D eigenvalue weighted by molar-refractivity contribution is 0.584. The molecule has 1 aromatic rings. The van der Waals surface area contributed by atoms with Crippen LogP contribution >= 0.6 is 0 Å². The molecule has 1 N–H and O–H groups in total. The van der Waals surface area contributed by atoms with E-state index in [1.807, 2.05) is 6.07 Å². The molecule has 13 heavy (non-hydrogen) atoms. The molecule has 0 aliphatic carbocycles. The van der Waals surface area contributed by atoms with Gasteiger partial charge in [0.25, 0.3) is 10.0 Å². The first-order chi connectivity index (χ1) is 6.10. The van der Waals surface area contributed by atoms with Crippen molar-refractivity contribution in [3.63, 3.8) is 0 Å². The van der Waals surface area contributed by atoms with Crippen LogP contribution in [0.5, 0.6) is 0 Å². The summed E-state index contributed by atoms with van der Waals surface area (Å²) in [6.45, 7) is 0. The van der Waals surface area contributed by atoms with Gasteiger partial charge in [-0.05, 0) is 19.2 Å². The second-order valence-electron chi connectivity index (χ2n) is 2.20. The third-order valence-electron chi connectivity index (χ3n) is 1.41. The van der Waals surface area contributed by atoms with Gasteiger partial charge in [-0.3, -0.25) is 0 Å². The van der Waals surface area contributed by atoms with Crippen molar-refractivity contribution in [3.05, 3.63) is 23.9 Å². The van der Waals surface area contributed by atoms with E-state index in [1.165, 1.54) is 25.4 Å². The SMILES string of the molecule is CNS(=O)(=O)c1cc(C#N)ccn1. The van der Waals surface area contributed by atoms with Gasteiger partial charge in [0.05, 0.1) is 11.6 Å². The Labute approximate surface area is 76.1 Å². The van der Waals surface area contributed by atoms with Gasteiger partial charge in [-0.25, -0.2) is 18.1 Å². The topological polar surface area (TPSA) is 82.9 Å². The Hall–Kier alpha value is -1.45. The molecule has 0 aliphatic heterocycles. The van der Waals surface area contributed by atoms with Gasteiger partial charge in [0.2, 0.25) is 0 Å². The van der Waals surface area contributed by atoms with Gasteiger partial charge in [0.1, 0.15) is 0 Å². The molecular weight excluding hydrogens is 190 g/mol. The highest BCUT2D eigenvalue weighted by Gasteiger charge is 2.12. The van der Waals surface area contributed by atoms with E-state index in [9.17, 15) is 8.42 Å². The number of rotatable bonds is 2. The van der Waals surface area contributed by atoms with Crippen molar-refractivity contribution in [3.8, 4) is 6.07 Å². The fraction of sp³-hybridized carbons (Fsp3) is 0.143. The van der Waals surface area contributed by atoms with Crippen molar-refractivity contribution >= 4 is 10.0 Å². The third kappa shape index (κ3) is 2.02. The van der Waals surface area contributed by atoms with E-state index in [1.54, 1.807) is 0 Å². The van der Waals surface area contributed by atoms with E-state index in [4.69, 9.17) is 5.26 Å². The summed E-state index contributed by atoms with van der Waals surface area (Å²) in [6, 6.07) is 4.48. The molecule has 0 fully saturated rings. The van der Waals surface area contributed by atoms with Crippen molar-refractivity contribution in [1.82, 2.24) is 9.71 Å². The maximum Gasteiger partial charge on any atom is 0.257 e. The average molecular weight is 197 g/mol. The highest BCUT2D eigenvalue weighted by Crippen LogP contribution is 2.05. The Morgan fingerprint density at radius 1 is 1.62 bits per heavy atom. The lowest BCUT2D eigenvalue weighted by Gasteiger charge is -1.99. The van der Waals surface area contributed by atoms with Gasteiger partial charge in [-0.1, -0.05) is 0 Å². The number of nitrogens with zero attached hydrogens (tertiary/aromatic N) is 2. The molecule has 0 radical (unpaired) electrons. The molecule has 0 unspecified atom stereocenters. The first-order valence-electron chi connectivity index (χ1n) is 3.40. The van der Waals surface area contributed by atoms with E-state index in [2.05, 4.69) is 9.71 Å². The van der Waals surface area contributed by atoms with Crippen LogP contribution in [0.25, 0.3) is 0 Å². The standard InChI is InChI=1S/C7H7N3O2S/c1-9-13(11,12)7-4-6(5-8)2-3-10-7/h2-4,9H,1H3. The third-order valence-corrected chi connectivity index (χ3v) is 2.72. The summed E-state index contributed by atoms with van der Waals surface area (Å²) in [5.41, 5.74) is 0.267. The smallest absolute Gasteiger partial charge is 0.243 e. The number of aromatic nitrogens is 1. The summed E-state index contributed by atoms with van der Waals surface area (Å²) in [4.78, 5) is 3.63. The zero-order chi connectivity index (χ0) is 9.90. The zero-order valence-electron chi connectivity index (χ0n) is 6.85. The molecule has 0 amide bonds. The fourth-order valence-electron chi connectivity index (χ4n) is 0.731. The molecule has 1 rings (SSSR count). The minimum atomic E-state index is -3.54. The molecule has 0 aromatic carbocycles. The summed E-state index contributed by atoms with van der Waals surface area (Å²) in [5, 5.41) is 8.36. The van der Waals surface area contributed by atoms with Crippen LogP contribution in [0.2, 0.25) is 0 Å². The fourth-order valence-corrected chi connectivity index (χ4v) is 1.42. The lowest BCUT2D eigenvalue weighted by atomic mass is 10.3. The Morgan fingerprint density at radius 2 is 2.31 bits per heavy atom. The lowest BCUT2D eigenvalue weighted by Crippen LogP contribution is -2.19. The Kier molecular flexibility index (Phi) is 2.60. The van der Waals surface area contributed by atoms with E-state index >= 15 is 0 Å². The number of pyridine rings is 1. The predicted molar refractivity (Wildman–Crippen MR) is 45.2 cm³/mol. The highest BCUT2D eigenvalue weighted by molar-refractivity contribution is 7.89. The zero-order valence-corrected chi connectivity index (χ0v) is 7.67. The Morgan fingerprint density at radius 3 is 2.85 bits per heavy atom. The normalized spacial score (nSPS) is 10.8. The number of sulfonamides is 1. The van der Waals surface area contributed by atoms with Crippen molar-refractivity contribution in [2.45, 2.75) is 5.03 Å². The molecule has 0 bridgehead atoms. The van der Waals surface area contributed by atoms with Crippen molar-refractivity contribution in [2.75, 3.05) is 7.05 Å². The minimum absolute atomic E-state index is 0.144. The summed E-state index contributed by atoms with van der Waals surface area (Å²) < 4.78 is 24.5. The van der Waals surface area contributed by atoms with Crippen LogP contribution < -0.4 is 4.72 Å². The highest BCUT2D eigenvalue weighted by atomic mass is 32.2.